The molecule has 0 bridgehead atoms. The molecule has 0 rings (SSSR count). The van der Waals surface area contributed by atoms with Gasteiger partial charge in [-0.05, 0) is 0 Å². The molecule has 3 heteroatoms. The fourth-order valence-electron chi connectivity index (χ4n) is 0. The first-order chi connectivity index (χ1) is 2.00. The van der Waals surface area contributed by atoms with Crippen LogP contribution in [0.25, 0.3) is 0 Å². The van der Waals surface area contributed by atoms with Gasteiger partial charge in [-0.25, -0.2) is 0 Å². The van der Waals surface area contributed by atoms with Crippen LogP contribution in [0.1, 0.15) is 0 Å². The minimum atomic E-state index is 0. The summed E-state index contributed by atoms with van der Waals surface area (Å²) in [6, 6.07) is 0. The summed E-state index contributed by atoms with van der Waals surface area (Å²) in [6.45, 7) is 9.00. The smallest absolute Gasteiger partial charge is 2.00 e. The Balaban J connectivity index is -0.0000000133. The van der Waals surface area contributed by atoms with E-state index in [1.54, 1.807) is 0 Å². The fraction of sp³-hybridized carbons (Fsp3) is 0. The zero-order chi connectivity index (χ0) is 4.00. The Hall–Kier alpha value is -0.000519. The SMILES string of the molecule is [C-]#[O+].[C-]#[O+].[Mn+2]. The van der Waals surface area contributed by atoms with E-state index in [4.69, 9.17) is 9.30 Å². The molecule has 0 saturated heterocycles. The Labute approximate surface area is 40.5 Å². The molecular weight excluding hydrogens is 111 g/mol. The van der Waals surface area contributed by atoms with Crippen molar-refractivity contribution < 1.29 is 26.4 Å². The Morgan fingerprint density at radius 1 is 0.800 bits per heavy atom. The van der Waals surface area contributed by atoms with Crippen LogP contribution in [0.4, 0.5) is 0 Å². The van der Waals surface area contributed by atoms with E-state index in [1.807, 2.05) is 0 Å². The molecule has 0 aromatic carbocycles. The van der Waals surface area contributed by atoms with Gasteiger partial charge in [0, 0.05) is 0 Å². The molecule has 0 N–H and O–H groups in total. The zero-order valence-corrected chi connectivity index (χ0v) is 3.37. The van der Waals surface area contributed by atoms with Crippen LogP contribution >= 0.6 is 0 Å². The van der Waals surface area contributed by atoms with Crippen molar-refractivity contribution in [1.82, 2.24) is 0 Å². The molecule has 0 aromatic rings. The van der Waals surface area contributed by atoms with Gasteiger partial charge in [0.15, 0.2) is 0 Å². The summed E-state index contributed by atoms with van der Waals surface area (Å²) in [7, 11) is 0. The Morgan fingerprint density at radius 3 is 0.800 bits per heavy atom. The van der Waals surface area contributed by atoms with Crippen LogP contribution in [0.15, 0.2) is 0 Å². The van der Waals surface area contributed by atoms with E-state index in [-0.39, 0.29) is 17.1 Å². The van der Waals surface area contributed by atoms with Gasteiger partial charge in [0.1, 0.15) is 0 Å². The molecule has 0 aliphatic heterocycles. The first kappa shape index (κ1) is 20.0. The van der Waals surface area contributed by atoms with Crippen molar-refractivity contribution in [2.75, 3.05) is 0 Å². The second-order valence-electron chi connectivity index (χ2n) is 0. The van der Waals surface area contributed by atoms with Crippen LogP contribution in [0.5, 0.6) is 0 Å². The molecule has 25 valence electrons. The summed E-state index contributed by atoms with van der Waals surface area (Å²) in [5.74, 6) is 0. The van der Waals surface area contributed by atoms with Crippen LogP contribution < -0.4 is 0 Å². The minimum Gasteiger partial charge on any atom is 2.00 e. The molecule has 2 nitrogen and oxygen atoms in total. The van der Waals surface area contributed by atoms with Crippen molar-refractivity contribution in [3.8, 4) is 0 Å². The molecule has 0 aromatic heterocycles. The van der Waals surface area contributed by atoms with E-state index in [2.05, 4.69) is 13.3 Å². The minimum absolute atomic E-state index is 0. The Kier molecular flexibility index (Phi) is 533000000. The molecule has 0 heterocycles. The molecule has 1 radical (unpaired) electrons. The quantitative estimate of drug-likeness (QED) is 0.238. The van der Waals surface area contributed by atoms with Gasteiger partial charge in [0.2, 0.25) is 0 Å². The van der Waals surface area contributed by atoms with Crippen molar-refractivity contribution in [3.05, 3.63) is 13.3 Å². The maximum absolute atomic E-state index is 7.50. The van der Waals surface area contributed by atoms with E-state index in [9.17, 15) is 0 Å². The predicted octanol–water partition coefficient (Wildman–Crippen LogP) is -0.0775. The van der Waals surface area contributed by atoms with Crippen molar-refractivity contribution in [1.29, 1.82) is 0 Å². The van der Waals surface area contributed by atoms with Gasteiger partial charge in [-0.2, -0.15) is 0 Å². The van der Waals surface area contributed by atoms with Crippen LogP contribution in [0.2, 0.25) is 0 Å². The first-order valence-electron chi connectivity index (χ1n) is 0.408. The third-order valence-electron chi connectivity index (χ3n) is 0. The van der Waals surface area contributed by atoms with Crippen molar-refractivity contribution in [2.24, 2.45) is 0 Å². The van der Waals surface area contributed by atoms with Gasteiger partial charge in [0.05, 0.1) is 0 Å². The number of hydrogen-bond donors (Lipinski definition) is 0. The first-order valence-corrected chi connectivity index (χ1v) is 0.408. The van der Waals surface area contributed by atoms with Gasteiger partial charge < -0.3 is 0 Å². The van der Waals surface area contributed by atoms with E-state index in [0.717, 1.165) is 0 Å². The number of hydrogen-bond acceptors (Lipinski definition) is 0. The van der Waals surface area contributed by atoms with E-state index >= 15 is 0 Å². The summed E-state index contributed by atoms with van der Waals surface area (Å²) in [4.78, 5) is 0. The molecule has 0 fully saturated rings. The van der Waals surface area contributed by atoms with Crippen molar-refractivity contribution in [2.45, 2.75) is 0 Å². The van der Waals surface area contributed by atoms with Crippen molar-refractivity contribution in [3.63, 3.8) is 0 Å². The second-order valence-corrected chi connectivity index (χ2v) is 0. The van der Waals surface area contributed by atoms with Crippen LogP contribution in [-0.2, 0) is 26.4 Å². The third kappa shape index (κ3) is 59300000. The molecule has 0 saturated carbocycles. The van der Waals surface area contributed by atoms with E-state index < -0.39 is 0 Å². The van der Waals surface area contributed by atoms with Gasteiger partial charge in [-0.3, -0.25) is 0 Å². The molecule has 0 aliphatic carbocycles. The molecular formula is C2MnO2+2. The summed E-state index contributed by atoms with van der Waals surface area (Å²) in [5, 5.41) is 0. The number of rotatable bonds is 0. The Bertz CT molecular complexity index is 23.1. The molecule has 0 amide bonds. The van der Waals surface area contributed by atoms with Crippen molar-refractivity contribution >= 4 is 0 Å². The topological polar surface area (TPSA) is 39.8 Å². The fourth-order valence-corrected chi connectivity index (χ4v) is 0. The normalized spacial score (nSPS) is 0.800. The monoisotopic (exact) mass is 111 g/mol. The molecule has 0 unspecified atom stereocenters. The second kappa shape index (κ2) is 133000000. The molecule has 5 heavy (non-hydrogen) atoms. The average Bonchev–Trinajstić information content (AvgIpc) is 1.50. The average molecular weight is 111 g/mol. The molecule has 0 spiro atoms. The maximum Gasteiger partial charge on any atom is 2.00 e. The standard InChI is InChI=1S/2CO.Mn/c2*1-2;/q;;+2. The summed E-state index contributed by atoms with van der Waals surface area (Å²) >= 11 is 0. The van der Waals surface area contributed by atoms with Gasteiger partial charge >= 0.3 is 39.7 Å². The van der Waals surface area contributed by atoms with Crippen LogP contribution in [0.3, 0.4) is 0 Å². The predicted molar refractivity (Wildman–Crippen MR) is 7.86 cm³/mol. The molecule has 0 aliphatic rings. The van der Waals surface area contributed by atoms with Gasteiger partial charge in [-0.15, -0.1) is 0 Å². The summed E-state index contributed by atoms with van der Waals surface area (Å²) < 4.78 is 15.0. The largest absolute Gasteiger partial charge is 2.00 e. The van der Waals surface area contributed by atoms with Gasteiger partial charge in [-0.1, -0.05) is 0 Å². The van der Waals surface area contributed by atoms with E-state index in [1.165, 1.54) is 0 Å². The summed E-state index contributed by atoms with van der Waals surface area (Å²) in [6.07, 6.45) is 0. The van der Waals surface area contributed by atoms with Crippen LogP contribution in [0, 0.1) is 13.3 Å². The molecule has 0 atom stereocenters. The van der Waals surface area contributed by atoms with Gasteiger partial charge in [0.25, 0.3) is 0 Å². The van der Waals surface area contributed by atoms with Crippen LogP contribution in [-0.4, -0.2) is 0 Å². The Morgan fingerprint density at radius 2 is 0.800 bits per heavy atom. The third-order valence-corrected chi connectivity index (χ3v) is 0. The maximum atomic E-state index is 7.50. The van der Waals surface area contributed by atoms with E-state index in [0.29, 0.717) is 0 Å². The zero-order valence-electron chi connectivity index (χ0n) is 2.19. The summed E-state index contributed by atoms with van der Waals surface area (Å²) in [5.41, 5.74) is 0.